The minimum Gasteiger partial charge on any atom is -0.493 e. The summed E-state index contributed by atoms with van der Waals surface area (Å²) in [7, 11) is 0. The van der Waals surface area contributed by atoms with Gasteiger partial charge in [0.2, 0.25) is 0 Å². The molecule has 3 heteroatoms. The van der Waals surface area contributed by atoms with Crippen molar-refractivity contribution in [2.24, 2.45) is 5.92 Å². The van der Waals surface area contributed by atoms with Crippen LogP contribution in [0.2, 0.25) is 0 Å². The lowest BCUT2D eigenvalue weighted by atomic mass is 9.82. The van der Waals surface area contributed by atoms with Crippen molar-refractivity contribution in [1.82, 2.24) is 9.97 Å². The maximum absolute atomic E-state index is 6.19. The predicted octanol–water partition coefficient (Wildman–Crippen LogP) is 10.8. The number of aryl methyl sites for hydroxylation is 2. The Labute approximate surface area is 241 Å². The normalized spacial score (nSPS) is 17.4. The van der Waals surface area contributed by atoms with E-state index in [1.54, 1.807) is 0 Å². The fraction of sp³-hybridized carbons (Fsp3) is 0.722. The van der Waals surface area contributed by atoms with Gasteiger partial charge in [0.1, 0.15) is 11.6 Å². The molecule has 1 aromatic carbocycles. The molecule has 0 atom stereocenters. The Balaban J connectivity index is 1.24. The van der Waals surface area contributed by atoms with E-state index in [4.69, 9.17) is 14.7 Å². The van der Waals surface area contributed by atoms with Gasteiger partial charge in [0.15, 0.2) is 0 Å². The largest absolute Gasteiger partial charge is 0.493 e. The van der Waals surface area contributed by atoms with E-state index in [1.165, 1.54) is 140 Å². The number of ether oxygens (including phenoxy) is 1. The van der Waals surface area contributed by atoms with Gasteiger partial charge >= 0.3 is 0 Å². The summed E-state index contributed by atoms with van der Waals surface area (Å²) in [5, 5.41) is 0. The van der Waals surface area contributed by atoms with Gasteiger partial charge in [-0.3, -0.25) is 0 Å². The molecule has 0 N–H and O–H groups in total. The number of rotatable bonds is 21. The molecule has 1 heterocycles. The molecule has 3 nitrogen and oxygen atoms in total. The van der Waals surface area contributed by atoms with Crippen LogP contribution in [0.3, 0.4) is 0 Å². The molecule has 1 aromatic heterocycles. The van der Waals surface area contributed by atoms with Crippen LogP contribution in [0, 0.1) is 5.92 Å². The fourth-order valence-corrected chi connectivity index (χ4v) is 6.01. The summed E-state index contributed by atoms with van der Waals surface area (Å²) in [5.41, 5.74) is 2.75. The summed E-state index contributed by atoms with van der Waals surface area (Å²) in [6, 6.07) is 8.88. The summed E-state index contributed by atoms with van der Waals surface area (Å²) in [6.07, 6.45) is 31.8. The average molecular weight is 535 g/mol. The highest BCUT2D eigenvalue weighted by atomic mass is 16.5. The van der Waals surface area contributed by atoms with Gasteiger partial charge in [-0.15, -0.1) is 0 Å². The minimum atomic E-state index is 0.518. The second-order valence-electron chi connectivity index (χ2n) is 12.2. The Morgan fingerprint density at radius 2 is 1.08 bits per heavy atom. The van der Waals surface area contributed by atoms with Crippen LogP contribution in [0.1, 0.15) is 159 Å². The molecule has 1 fully saturated rings. The third kappa shape index (κ3) is 13.3. The Morgan fingerprint density at radius 1 is 0.590 bits per heavy atom. The molecule has 0 amide bonds. The zero-order valence-corrected chi connectivity index (χ0v) is 25.5. The molecule has 0 bridgehead atoms. The van der Waals surface area contributed by atoms with E-state index in [1.807, 2.05) is 0 Å². The van der Waals surface area contributed by atoms with Crippen molar-refractivity contribution in [3.63, 3.8) is 0 Å². The van der Waals surface area contributed by atoms with Crippen LogP contribution in [-0.4, -0.2) is 16.6 Å². The van der Waals surface area contributed by atoms with E-state index in [0.717, 1.165) is 24.6 Å². The molecule has 1 saturated carbocycles. The van der Waals surface area contributed by atoms with E-state index in [2.05, 4.69) is 50.5 Å². The van der Waals surface area contributed by atoms with Gasteiger partial charge in [-0.2, -0.15) is 0 Å². The van der Waals surface area contributed by atoms with Crippen LogP contribution < -0.4 is 4.74 Å². The molecule has 218 valence electrons. The number of aromatic nitrogens is 2. The highest BCUT2D eigenvalue weighted by Crippen LogP contribution is 2.34. The Bertz CT molecular complexity index is 839. The second-order valence-corrected chi connectivity index (χ2v) is 12.2. The van der Waals surface area contributed by atoms with Gasteiger partial charge in [-0.25, -0.2) is 9.97 Å². The zero-order chi connectivity index (χ0) is 27.4. The molecule has 0 aliphatic heterocycles. The highest BCUT2D eigenvalue weighted by molar-refractivity contribution is 5.27. The summed E-state index contributed by atoms with van der Waals surface area (Å²) >= 11 is 0. The lowest BCUT2D eigenvalue weighted by Gasteiger charge is -2.27. The molecule has 0 radical (unpaired) electrons. The van der Waals surface area contributed by atoms with Crippen molar-refractivity contribution < 1.29 is 4.74 Å². The predicted molar refractivity (Wildman–Crippen MR) is 167 cm³/mol. The van der Waals surface area contributed by atoms with Crippen LogP contribution in [0.4, 0.5) is 0 Å². The Kier molecular flexibility index (Phi) is 16.3. The number of benzene rings is 1. The minimum absolute atomic E-state index is 0.518. The number of hydrogen-bond donors (Lipinski definition) is 0. The molecule has 3 rings (SSSR count). The molecular formula is C36H58N2O. The van der Waals surface area contributed by atoms with Gasteiger partial charge in [0, 0.05) is 18.3 Å². The first-order valence-electron chi connectivity index (χ1n) is 16.8. The van der Waals surface area contributed by atoms with E-state index in [9.17, 15) is 0 Å². The number of nitrogens with zero attached hydrogens (tertiary/aromatic N) is 2. The quantitative estimate of drug-likeness (QED) is 0.149. The van der Waals surface area contributed by atoms with Crippen molar-refractivity contribution >= 4 is 0 Å². The Hall–Kier alpha value is -1.90. The Morgan fingerprint density at radius 3 is 1.62 bits per heavy atom. The first kappa shape index (κ1) is 31.6. The standard InChI is InChI=1S/C36H58N2O/c1-3-5-7-9-11-13-14-16-18-31-22-26-35(27-23-31)39-30-32-20-24-34(25-21-32)36-37-28-33(29-38-36)19-17-15-12-10-8-6-4-2/h22-23,26-29,32,34H,3-21,24-25,30H2,1-2H3. The van der Waals surface area contributed by atoms with Crippen LogP contribution in [-0.2, 0) is 12.8 Å². The van der Waals surface area contributed by atoms with Crippen LogP contribution in [0.25, 0.3) is 0 Å². The van der Waals surface area contributed by atoms with Crippen LogP contribution in [0.15, 0.2) is 36.7 Å². The second kappa shape index (κ2) is 20.0. The van der Waals surface area contributed by atoms with E-state index < -0.39 is 0 Å². The van der Waals surface area contributed by atoms with Crippen molar-refractivity contribution in [2.75, 3.05) is 6.61 Å². The molecule has 1 aliphatic rings. The topological polar surface area (TPSA) is 35.0 Å². The zero-order valence-electron chi connectivity index (χ0n) is 25.5. The summed E-state index contributed by atoms with van der Waals surface area (Å²) in [5.74, 6) is 3.25. The SMILES string of the molecule is CCCCCCCCCCc1ccc(OCC2CCC(c3ncc(CCCCCCCCC)cn3)CC2)cc1. The summed E-state index contributed by atoms with van der Waals surface area (Å²) < 4.78 is 6.19. The fourth-order valence-electron chi connectivity index (χ4n) is 6.01. The maximum atomic E-state index is 6.19. The molecular weight excluding hydrogens is 476 g/mol. The van der Waals surface area contributed by atoms with Gasteiger partial charge < -0.3 is 4.74 Å². The lowest BCUT2D eigenvalue weighted by Crippen LogP contribution is -2.20. The monoisotopic (exact) mass is 534 g/mol. The smallest absolute Gasteiger partial charge is 0.131 e. The third-order valence-electron chi connectivity index (χ3n) is 8.73. The van der Waals surface area contributed by atoms with Gasteiger partial charge in [0.25, 0.3) is 0 Å². The van der Waals surface area contributed by atoms with Crippen LogP contribution >= 0.6 is 0 Å². The number of unbranched alkanes of at least 4 members (excludes halogenated alkanes) is 13. The van der Waals surface area contributed by atoms with Crippen molar-refractivity contribution in [3.8, 4) is 5.75 Å². The van der Waals surface area contributed by atoms with Gasteiger partial charge in [0.05, 0.1) is 6.61 Å². The first-order chi connectivity index (χ1) is 19.3. The van der Waals surface area contributed by atoms with Crippen LogP contribution in [0.5, 0.6) is 5.75 Å². The van der Waals surface area contributed by atoms with E-state index in [0.29, 0.717) is 11.8 Å². The lowest BCUT2D eigenvalue weighted by molar-refractivity contribution is 0.198. The molecule has 1 aliphatic carbocycles. The van der Waals surface area contributed by atoms with Crippen molar-refractivity contribution in [2.45, 2.75) is 155 Å². The molecule has 0 spiro atoms. The molecule has 0 saturated heterocycles. The van der Waals surface area contributed by atoms with E-state index >= 15 is 0 Å². The molecule has 2 aromatic rings. The van der Waals surface area contributed by atoms with Crippen molar-refractivity contribution in [1.29, 1.82) is 0 Å². The maximum Gasteiger partial charge on any atom is 0.131 e. The average Bonchev–Trinajstić information content (AvgIpc) is 2.98. The first-order valence-corrected chi connectivity index (χ1v) is 16.8. The highest BCUT2D eigenvalue weighted by Gasteiger charge is 2.24. The van der Waals surface area contributed by atoms with Gasteiger partial charge in [-0.05, 0) is 80.5 Å². The van der Waals surface area contributed by atoms with Gasteiger partial charge in [-0.1, -0.05) is 109 Å². The summed E-state index contributed by atoms with van der Waals surface area (Å²) in [4.78, 5) is 9.55. The van der Waals surface area contributed by atoms with E-state index in [-0.39, 0.29) is 0 Å². The van der Waals surface area contributed by atoms with Crippen molar-refractivity contribution in [3.05, 3.63) is 53.6 Å². The third-order valence-corrected chi connectivity index (χ3v) is 8.73. The molecule has 39 heavy (non-hydrogen) atoms. The number of hydrogen-bond acceptors (Lipinski definition) is 3. The summed E-state index contributed by atoms with van der Waals surface area (Å²) in [6.45, 7) is 5.40. The molecule has 0 unspecified atom stereocenters.